The van der Waals surface area contributed by atoms with Gasteiger partial charge in [0.05, 0.1) is 0 Å². The van der Waals surface area contributed by atoms with Crippen LogP contribution in [-0.4, -0.2) is 15.0 Å². The van der Waals surface area contributed by atoms with Crippen LogP contribution in [0, 0.1) is 6.92 Å². The van der Waals surface area contributed by atoms with Gasteiger partial charge in [-0.1, -0.05) is 120 Å². The maximum absolute atomic E-state index is 13.4. The summed E-state index contributed by atoms with van der Waals surface area (Å²) in [6.07, 6.45) is 1.88. The molecule has 7 heteroatoms. The van der Waals surface area contributed by atoms with Crippen molar-refractivity contribution >= 4 is 19.7 Å². The Morgan fingerprint density at radius 2 is 1.27 bits per heavy atom. The summed E-state index contributed by atoms with van der Waals surface area (Å²) >= 11 is 1.82. The van der Waals surface area contributed by atoms with E-state index in [1.54, 1.807) is 24.3 Å². The number of aryl methyl sites for hydroxylation is 2. The zero-order valence-electron chi connectivity index (χ0n) is 20.6. The van der Waals surface area contributed by atoms with Gasteiger partial charge in [-0.2, -0.15) is 0 Å². The molecule has 4 rings (SSSR count). The van der Waals surface area contributed by atoms with Crippen LogP contribution in [0.1, 0.15) is 40.8 Å². The van der Waals surface area contributed by atoms with Crippen molar-refractivity contribution in [3.8, 4) is 0 Å². The van der Waals surface area contributed by atoms with E-state index in [2.05, 4.69) is 44.0 Å². The van der Waals surface area contributed by atoms with Gasteiger partial charge in [-0.25, -0.2) is 8.42 Å². The molecule has 1 N–H and O–H groups in total. The number of benzene rings is 4. The predicted molar refractivity (Wildman–Crippen MR) is 149 cm³/mol. The van der Waals surface area contributed by atoms with E-state index in [-0.39, 0.29) is 10.9 Å². The van der Waals surface area contributed by atoms with Crippen LogP contribution in [0.5, 0.6) is 0 Å². The Morgan fingerprint density at radius 3 is 1.84 bits per heavy atom. The van der Waals surface area contributed by atoms with Crippen LogP contribution in [0.4, 0.5) is 0 Å². The van der Waals surface area contributed by atoms with Gasteiger partial charge >= 0.3 is 27.0 Å². The van der Waals surface area contributed by atoms with E-state index in [9.17, 15) is 8.42 Å². The maximum atomic E-state index is 13.4. The Hall–Kier alpha value is -2.34. The van der Waals surface area contributed by atoms with Crippen LogP contribution < -0.4 is 5.32 Å². The van der Waals surface area contributed by atoms with Crippen LogP contribution in [0.3, 0.4) is 0 Å². The molecule has 4 aromatic carbocycles. The molecule has 193 valence electrons. The summed E-state index contributed by atoms with van der Waals surface area (Å²) in [4.78, 5) is 0.208. The Bertz CT molecular complexity index is 1290. The summed E-state index contributed by atoms with van der Waals surface area (Å²) in [6, 6.07) is 36.0. The summed E-state index contributed by atoms with van der Waals surface area (Å²) in [5.41, 5.74) is 4.15. The van der Waals surface area contributed by atoms with Crippen molar-refractivity contribution in [3.05, 3.63) is 142 Å². The summed E-state index contributed by atoms with van der Waals surface area (Å²) < 4.78 is 31.3. The fourth-order valence-electron chi connectivity index (χ4n) is 4.15. The fraction of sp³-hybridized carbons (Fsp3) is 0.200. The molecule has 4 nitrogen and oxygen atoms in total. The number of nitrogens with zero attached hydrogens (tertiary/aromatic N) is 1. The van der Waals surface area contributed by atoms with Gasteiger partial charge in [-0.3, -0.25) is 0 Å². The first-order valence-electron chi connectivity index (χ1n) is 12.1. The van der Waals surface area contributed by atoms with Gasteiger partial charge in [0.1, 0.15) is 10.0 Å². The average molecular weight is 620 g/mol. The Morgan fingerprint density at radius 1 is 0.757 bits per heavy atom. The molecular formula is C30H31ClN2O2RuS+. The van der Waals surface area contributed by atoms with Gasteiger partial charge in [-0.05, 0) is 49.6 Å². The summed E-state index contributed by atoms with van der Waals surface area (Å²) in [5.74, 6) is 0. The van der Waals surface area contributed by atoms with Crippen molar-refractivity contribution in [3.63, 3.8) is 0 Å². The predicted octanol–water partition coefficient (Wildman–Crippen LogP) is 7.45. The van der Waals surface area contributed by atoms with E-state index < -0.39 is 16.1 Å². The number of rotatable bonds is 11. The van der Waals surface area contributed by atoms with E-state index in [0.717, 1.165) is 36.1 Å². The fourth-order valence-corrected chi connectivity index (χ4v) is 5.30. The second-order valence-corrected chi connectivity index (χ2v) is 10.3. The Balaban J connectivity index is 0.00000186. The topological polar surface area (TPSA) is 60.3 Å². The van der Waals surface area contributed by atoms with E-state index >= 15 is 0 Å². The van der Waals surface area contributed by atoms with Gasteiger partial charge in [-0.15, -0.1) is 0 Å². The minimum atomic E-state index is -3.87. The van der Waals surface area contributed by atoms with Crippen LogP contribution in [0.2, 0.25) is 0 Å². The number of halogens is 1. The van der Waals surface area contributed by atoms with E-state index in [1.807, 2.05) is 91.0 Å². The molecule has 0 aliphatic carbocycles. The standard InChI is InChI=1S/C30H31N2O2S.ClH.Ru/c1-24-19-21-28(22-20-24)35(33,34)32-30(27-17-9-4-10-18-27)29(26-15-7-3-8-16-26)31-23-11-14-25-12-5-2-6-13-25;;/h2-10,12-13,15-22,29-31H,11,14,23H2,1H3;1H;/q-1;;+3/p-1/t29-,30-;;/m1../s1. The molecule has 0 heterocycles. The van der Waals surface area contributed by atoms with Crippen LogP contribution in [-0.2, 0) is 33.8 Å². The van der Waals surface area contributed by atoms with Crippen molar-refractivity contribution in [2.24, 2.45) is 0 Å². The number of nitrogens with one attached hydrogen (secondary N) is 1. The molecule has 0 bridgehead atoms. The molecule has 0 radical (unpaired) electrons. The number of hydrogen-bond donors (Lipinski definition) is 1. The van der Waals surface area contributed by atoms with Crippen molar-refractivity contribution in [2.75, 3.05) is 6.54 Å². The second-order valence-electron chi connectivity index (χ2n) is 8.68. The van der Waals surface area contributed by atoms with E-state index in [1.165, 1.54) is 5.56 Å². The van der Waals surface area contributed by atoms with Crippen LogP contribution >= 0.6 is 9.69 Å². The van der Waals surface area contributed by atoms with Gasteiger partial charge in [0, 0.05) is 10.9 Å². The zero-order chi connectivity index (χ0) is 26.5. The molecule has 2 atom stereocenters. The summed E-state index contributed by atoms with van der Waals surface area (Å²) in [5, 5.41) is 3.63. The minimum absolute atomic E-state index is 0.208. The van der Waals surface area contributed by atoms with Crippen molar-refractivity contribution in [2.45, 2.75) is 36.7 Å². The summed E-state index contributed by atoms with van der Waals surface area (Å²) in [7, 11) is 0.703. The molecular weight excluding hydrogens is 589 g/mol. The molecule has 0 aliphatic heterocycles. The first-order valence-corrected chi connectivity index (χ1v) is 15.7. The summed E-state index contributed by atoms with van der Waals surface area (Å²) in [6.45, 7) is 2.67. The molecule has 0 fully saturated rings. The van der Waals surface area contributed by atoms with E-state index in [4.69, 9.17) is 0 Å². The van der Waals surface area contributed by atoms with Crippen molar-refractivity contribution in [1.82, 2.24) is 5.32 Å². The Kier molecular flexibility index (Phi) is 12.0. The molecule has 0 aromatic heterocycles. The Labute approximate surface area is 235 Å². The average Bonchev–Trinajstić information content (AvgIpc) is 2.95. The van der Waals surface area contributed by atoms with Crippen LogP contribution in [0.25, 0.3) is 4.72 Å². The van der Waals surface area contributed by atoms with Gasteiger partial charge in [0.2, 0.25) is 0 Å². The molecule has 0 spiro atoms. The monoisotopic (exact) mass is 620 g/mol. The third-order valence-electron chi connectivity index (χ3n) is 6.04. The molecule has 0 saturated carbocycles. The molecule has 0 amide bonds. The first-order chi connectivity index (χ1) is 18.0. The van der Waals surface area contributed by atoms with Gasteiger partial charge < -0.3 is 10.0 Å². The normalized spacial score (nSPS) is 12.7. The quantitative estimate of drug-likeness (QED) is 0.140. The second kappa shape index (κ2) is 15.2. The van der Waals surface area contributed by atoms with Crippen LogP contribution in [0.15, 0.2) is 120 Å². The van der Waals surface area contributed by atoms with Gasteiger partial charge in [0.15, 0.2) is 0 Å². The number of sulfonamides is 1. The third kappa shape index (κ3) is 8.88. The molecule has 0 unspecified atom stereocenters. The van der Waals surface area contributed by atoms with Crippen molar-refractivity contribution in [1.29, 1.82) is 0 Å². The zero-order valence-corrected chi connectivity index (χ0v) is 24.0. The molecule has 37 heavy (non-hydrogen) atoms. The molecule has 0 aliphatic rings. The molecule has 0 saturated heterocycles. The van der Waals surface area contributed by atoms with E-state index in [0.29, 0.717) is 0 Å². The molecule has 4 aromatic rings. The van der Waals surface area contributed by atoms with Gasteiger partial charge in [0.25, 0.3) is 0 Å². The first kappa shape index (κ1) is 29.2. The van der Waals surface area contributed by atoms with Crippen molar-refractivity contribution < 1.29 is 25.7 Å². The SMILES string of the molecule is Cc1ccc(S(=O)(=O)[N-][C@H](c2ccccc2)[C@H](NCCCc2ccccc2)c2ccccc2)cc1.[Cl][Ru+2]. The third-order valence-corrected chi connectivity index (χ3v) is 7.41. The number of hydrogen-bond acceptors (Lipinski definition) is 3.